The Balaban J connectivity index is 4.29. The molecule has 70 heavy (non-hydrogen) atoms. The maximum Gasteiger partial charge on any atom is 0.306 e. The zero-order valence-corrected chi connectivity index (χ0v) is 46.0. The fraction of sp³-hybridized carbons (Fsp3) is 0.734. The van der Waals surface area contributed by atoms with Crippen molar-refractivity contribution in [1.29, 1.82) is 0 Å². The molecule has 0 bridgehead atoms. The van der Waals surface area contributed by atoms with Crippen molar-refractivity contribution < 1.29 is 28.6 Å². The smallest absolute Gasteiger partial charge is 0.306 e. The third kappa shape index (κ3) is 55.5. The Labute approximate surface area is 433 Å². The molecule has 0 aliphatic carbocycles. The number of carbonyl (C=O) groups is 3. The van der Waals surface area contributed by atoms with Gasteiger partial charge in [0.25, 0.3) is 0 Å². The van der Waals surface area contributed by atoms with Gasteiger partial charge in [0.1, 0.15) is 13.2 Å². The van der Waals surface area contributed by atoms with Crippen LogP contribution in [-0.2, 0) is 28.6 Å². The third-order valence-corrected chi connectivity index (χ3v) is 12.6. The first-order chi connectivity index (χ1) is 34.5. The Morgan fingerprint density at radius 3 is 0.914 bits per heavy atom. The van der Waals surface area contributed by atoms with E-state index in [1.54, 1.807) is 0 Å². The predicted molar refractivity (Wildman–Crippen MR) is 302 cm³/mol. The quantitative estimate of drug-likeness (QED) is 0.0261. The third-order valence-electron chi connectivity index (χ3n) is 12.6. The molecule has 402 valence electrons. The second-order valence-corrected chi connectivity index (χ2v) is 19.5. The highest BCUT2D eigenvalue weighted by Crippen LogP contribution is 2.15. The minimum Gasteiger partial charge on any atom is -0.462 e. The second kappa shape index (κ2) is 58.2. The molecule has 0 aliphatic heterocycles. The summed E-state index contributed by atoms with van der Waals surface area (Å²) in [5.41, 5.74) is 0. The molecule has 0 fully saturated rings. The highest BCUT2D eigenvalue weighted by atomic mass is 16.6. The van der Waals surface area contributed by atoms with Crippen LogP contribution in [-0.4, -0.2) is 37.2 Å². The Bertz CT molecular complexity index is 1350. The van der Waals surface area contributed by atoms with Crippen LogP contribution in [0.3, 0.4) is 0 Å². The van der Waals surface area contributed by atoms with E-state index >= 15 is 0 Å². The lowest BCUT2D eigenvalue weighted by Crippen LogP contribution is -2.30. The van der Waals surface area contributed by atoms with Crippen molar-refractivity contribution in [3.8, 4) is 0 Å². The predicted octanol–water partition coefficient (Wildman–Crippen LogP) is 19.9. The molecule has 0 aromatic heterocycles. The van der Waals surface area contributed by atoms with E-state index in [4.69, 9.17) is 14.2 Å². The lowest BCUT2D eigenvalue weighted by atomic mass is 10.0. The van der Waals surface area contributed by atoms with Gasteiger partial charge in [-0.1, -0.05) is 254 Å². The van der Waals surface area contributed by atoms with Crippen LogP contribution in [0, 0.1) is 0 Å². The van der Waals surface area contributed by atoms with Crippen LogP contribution in [0.1, 0.15) is 284 Å². The molecule has 0 radical (unpaired) electrons. The van der Waals surface area contributed by atoms with E-state index in [-0.39, 0.29) is 37.5 Å². The van der Waals surface area contributed by atoms with Crippen molar-refractivity contribution in [3.63, 3.8) is 0 Å². The van der Waals surface area contributed by atoms with E-state index in [9.17, 15) is 14.4 Å². The fourth-order valence-electron chi connectivity index (χ4n) is 8.21. The number of hydrogen-bond acceptors (Lipinski definition) is 6. The van der Waals surface area contributed by atoms with Crippen LogP contribution in [0.2, 0.25) is 0 Å². The SMILES string of the molecule is CC/C=C\C/C=C\C/C=C\C/C=C\C/C=C\C/C=C\CCCCC(=O)OC(COC(=O)CCCCCCCCCC)COC(=O)CCCCCCCCCCCCC/C=C\CCCCCCCCCC. The summed E-state index contributed by atoms with van der Waals surface area (Å²) in [4.78, 5) is 38.0. The fourth-order valence-corrected chi connectivity index (χ4v) is 8.21. The first-order valence-corrected chi connectivity index (χ1v) is 29.6. The molecular weight excluding hydrogens is 865 g/mol. The standard InChI is InChI=1S/C64H110O6/c1-4-7-10-13-16-19-21-23-25-27-29-31-32-34-35-37-39-41-43-45-48-51-54-57-63(66)69-60-61(59-68-62(65)56-53-50-47-18-15-12-9-6-3)70-64(67)58-55-52-49-46-44-42-40-38-36-33-30-28-26-24-22-20-17-14-11-8-5-2/h8,11,17,20,24,26-27,29-30,33,38,40,44,46,61H,4-7,9-10,12-16,18-19,21-23,25,28,31-32,34-37,39,41-43,45,47-60H2,1-3H3/b11-8-,20-17-,26-24-,29-27-,33-30-,40-38-,46-44-. The monoisotopic (exact) mass is 975 g/mol. The lowest BCUT2D eigenvalue weighted by Gasteiger charge is -2.18. The van der Waals surface area contributed by atoms with E-state index in [2.05, 4.69) is 106 Å². The van der Waals surface area contributed by atoms with Gasteiger partial charge in [-0.25, -0.2) is 0 Å². The minimum absolute atomic E-state index is 0.0930. The first-order valence-electron chi connectivity index (χ1n) is 29.6. The van der Waals surface area contributed by atoms with Crippen molar-refractivity contribution in [1.82, 2.24) is 0 Å². The highest BCUT2D eigenvalue weighted by molar-refractivity contribution is 5.71. The van der Waals surface area contributed by atoms with Gasteiger partial charge < -0.3 is 14.2 Å². The Morgan fingerprint density at radius 1 is 0.300 bits per heavy atom. The maximum atomic E-state index is 12.8. The van der Waals surface area contributed by atoms with E-state index in [0.29, 0.717) is 19.3 Å². The summed E-state index contributed by atoms with van der Waals surface area (Å²) in [5, 5.41) is 0. The molecule has 6 nitrogen and oxygen atoms in total. The summed E-state index contributed by atoms with van der Waals surface area (Å²) in [5.74, 6) is -0.936. The summed E-state index contributed by atoms with van der Waals surface area (Å²) in [6, 6.07) is 0. The highest BCUT2D eigenvalue weighted by Gasteiger charge is 2.19. The summed E-state index contributed by atoms with van der Waals surface area (Å²) < 4.78 is 16.8. The Hall–Kier alpha value is -3.41. The van der Waals surface area contributed by atoms with Gasteiger partial charge in [-0.15, -0.1) is 0 Å². The van der Waals surface area contributed by atoms with E-state index in [1.807, 2.05) is 0 Å². The zero-order chi connectivity index (χ0) is 50.7. The van der Waals surface area contributed by atoms with Crippen molar-refractivity contribution in [2.75, 3.05) is 13.2 Å². The van der Waals surface area contributed by atoms with Gasteiger partial charge in [-0.05, 0) is 96.3 Å². The van der Waals surface area contributed by atoms with Crippen molar-refractivity contribution in [2.24, 2.45) is 0 Å². The van der Waals surface area contributed by atoms with Crippen LogP contribution < -0.4 is 0 Å². The molecule has 0 aromatic carbocycles. The normalized spacial score (nSPS) is 12.7. The van der Waals surface area contributed by atoms with Gasteiger partial charge >= 0.3 is 17.9 Å². The summed E-state index contributed by atoms with van der Waals surface area (Å²) in [6.07, 6.45) is 76.0. The average molecular weight is 976 g/mol. The van der Waals surface area contributed by atoms with E-state index in [1.165, 1.54) is 148 Å². The van der Waals surface area contributed by atoms with Crippen LogP contribution in [0.5, 0.6) is 0 Å². The van der Waals surface area contributed by atoms with Gasteiger partial charge in [0.05, 0.1) is 0 Å². The van der Waals surface area contributed by atoms with Gasteiger partial charge in [0, 0.05) is 19.3 Å². The van der Waals surface area contributed by atoms with Gasteiger partial charge in [0.2, 0.25) is 0 Å². The molecule has 0 heterocycles. The summed E-state index contributed by atoms with van der Waals surface area (Å²) >= 11 is 0. The number of allylic oxidation sites excluding steroid dienone is 14. The Kier molecular flexibility index (Phi) is 55.3. The Morgan fingerprint density at radius 2 is 0.557 bits per heavy atom. The molecule has 0 amide bonds. The molecule has 0 aromatic rings. The molecule has 1 unspecified atom stereocenters. The van der Waals surface area contributed by atoms with Crippen LogP contribution in [0.4, 0.5) is 0 Å². The first kappa shape index (κ1) is 66.6. The summed E-state index contributed by atoms with van der Waals surface area (Å²) in [7, 11) is 0. The molecule has 0 saturated carbocycles. The van der Waals surface area contributed by atoms with Crippen molar-refractivity contribution in [2.45, 2.75) is 290 Å². The molecule has 0 aliphatic rings. The molecule has 0 N–H and O–H groups in total. The molecular formula is C64H110O6. The lowest BCUT2D eigenvalue weighted by molar-refractivity contribution is -0.167. The van der Waals surface area contributed by atoms with Gasteiger partial charge in [0.15, 0.2) is 6.10 Å². The van der Waals surface area contributed by atoms with Gasteiger partial charge in [-0.2, -0.15) is 0 Å². The topological polar surface area (TPSA) is 78.9 Å². The number of esters is 3. The van der Waals surface area contributed by atoms with Crippen LogP contribution in [0.15, 0.2) is 85.1 Å². The summed E-state index contributed by atoms with van der Waals surface area (Å²) in [6.45, 7) is 6.48. The number of hydrogen-bond donors (Lipinski definition) is 0. The van der Waals surface area contributed by atoms with Gasteiger partial charge in [-0.3, -0.25) is 14.4 Å². The van der Waals surface area contributed by atoms with E-state index < -0.39 is 6.10 Å². The average Bonchev–Trinajstić information content (AvgIpc) is 3.36. The molecule has 6 heteroatoms. The number of carbonyl (C=O) groups excluding carboxylic acids is 3. The van der Waals surface area contributed by atoms with E-state index in [0.717, 1.165) is 89.9 Å². The van der Waals surface area contributed by atoms with Crippen molar-refractivity contribution >= 4 is 17.9 Å². The number of ether oxygens (including phenoxy) is 3. The molecule has 0 saturated heterocycles. The molecule has 0 rings (SSSR count). The van der Waals surface area contributed by atoms with Crippen LogP contribution >= 0.6 is 0 Å². The van der Waals surface area contributed by atoms with Crippen molar-refractivity contribution in [3.05, 3.63) is 85.1 Å². The van der Waals surface area contributed by atoms with Crippen LogP contribution in [0.25, 0.3) is 0 Å². The minimum atomic E-state index is -0.798. The zero-order valence-electron chi connectivity index (χ0n) is 46.0. The second-order valence-electron chi connectivity index (χ2n) is 19.5. The molecule has 1 atom stereocenters. The maximum absolute atomic E-state index is 12.8. The largest absolute Gasteiger partial charge is 0.462 e. The number of unbranched alkanes of at least 4 members (excludes halogenated alkanes) is 28. The molecule has 0 spiro atoms. The number of rotatable bonds is 53.